The molecule has 0 aromatic heterocycles. The zero-order valence-corrected chi connectivity index (χ0v) is 48.7. The van der Waals surface area contributed by atoms with Crippen LogP contribution in [-0.4, -0.2) is 47.4 Å². The Morgan fingerprint density at radius 3 is 0.986 bits per heavy atom. The number of hydrogen-bond acceptors (Lipinski definition) is 5. The van der Waals surface area contributed by atoms with Crippen LogP contribution in [0.1, 0.15) is 361 Å². The van der Waals surface area contributed by atoms with Crippen LogP contribution in [0.5, 0.6) is 0 Å². The summed E-state index contributed by atoms with van der Waals surface area (Å²) in [5.41, 5.74) is 0. The molecule has 3 N–H and O–H groups in total. The average molecular weight is 1010 g/mol. The monoisotopic (exact) mass is 1010 g/mol. The Morgan fingerprint density at radius 1 is 0.375 bits per heavy atom. The van der Waals surface area contributed by atoms with Crippen molar-refractivity contribution in [2.24, 2.45) is 0 Å². The van der Waals surface area contributed by atoms with Gasteiger partial charge in [0.15, 0.2) is 0 Å². The van der Waals surface area contributed by atoms with Crippen LogP contribution in [0.25, 0.3) is 0 Å². The van der Waals surface area contributed by atoms with Crippen molar-refractivity contribution in [1.82, 2.24) is 5.32 Å². The Kier molecular flexibility index (Phi) is 60.5. The lowest BCUT2D eigenvalue weighted by Gasteiger charge is -2.20. The fourth-order valence-corrected chi connectivity index (χ4v) is 10.2. The standard InChI is InChI=1S/C66H127NO5/c1-3-5-7-9-11-13-15-17-19-32-36-40-44-48-52-56-60-66(71)72-61-57-53-49-45-41-37-33-29-27-25-23-21-20-22-24-26-28-31-35-39-43-47-51-55-59-65(70)67-63(62-68)64(69)58-54-50-46-42-38-34-30-18-16-14-12-10-8-6-4-2/h19,32,54,58,63-64,68-69H,3-18,20-31,33-53,55-57,59-62H2,1-2H3,(H,67,70)/b32-19-,58-54+. The maximum Gasteiger partial charge on any atom is 0.305 e. The van der Waals surface area contributed by atoms with E-state index in [1.165, 1.54) is 289 Å². The van der Waals surface area contributed by atoms with Gasteiger partial charge in [0.05, 0.1) is 25.4 Å². The number of amides is 1. The number of hydrogen-bond donors (Lipinski definition) is 3. The number of carbonyl (C=O) groups excluding carboxylic acids is 2. The van der Waals surface area contributed by atoms with Crippen LogP contribution in [0.2, 0.25) is 0 Å². The molecule has 426 valence electrons. The number of carbonyl (C=O) groups is 2. The first-order valence-electron chi connectivity index (χ1n) is 32.6. The van der Waals surface area contributed by atoms with E-state index in [1.54, 1.807) is 6.08 Å². The van der Waals surface area contributed by atoms with Crippen LogP contribution < -0.4 is 5.32 Å². The summed E-state index contributed by atoms with van der Waals surface area (Å²) in [6, 6.07) is -0.626. The van der Waals surface area contributed by atoms with E-state index in [1.807, 2.05) is 6.08 Å². The normalized spacial score (nSPS) is 12.7. The van der Waals surface area contributed by atoms with Crippen LogP contribution in [0.4, 0.5) is 0 Å². The van der Waals surface area contributed by atoms with Gasteiger partial charge >= 0.3 is 5.97 Å². The Morgan fingerprint density at radius 2 is 0.653 bits per heavy atom. The number of esters is 1. The zero-order chi connectivity index (χ0) is 52.2. The molecule has 1 amide bonds. The third-order valence-corrected chi connectivity index (χ3v) is 15.2. The fourth-order valence-electron chi connectivity index (χ4n) is 10.2. The second kappa shape index (κ2) is 61.9. The van der Waals surface area contributed by atoms with Gasteiger partial charge in [-0.05, 0) is 57.8 Å². The van der Waals surface area contributed by atoms with Crippen molar-refractivity contribution in [1.29, 1.82) is 0 Å². The minimum atomic E-state index is -0.843. The van der Waals surface area contributed by atoms with Gasteiger partial charge in [-0.2, -0.15) is 0 Å². The van der Waals surface area contributed by atoms with Gasteiger partial charge in [-0.1, -0.05) is 314 Å². The molecule has 0 rings (SSSR count). The summed E-state index contributed by atoms with van der Waals surface area (Å²) in [6.45, 7) is 4.92. The maximum atomic E-state index is 12.5. The van der Waals surface area contributed by atoms with E-state index in [2.05, 4.69) is 31.3 Å². The summed E-state index contributed by atoms with van der Waals surface area (Å²) >= 11 is 0. The predicted molar refractivity (Wildman–Crippen MR) is 315 cm³/mol. The third-order valence-electron chi connectivity index (χ3n) is 15.2. The SMILES string of the molecule is CCCCCCCCC/C=C\CCCCCCCC(=O)OCCCCCCCCCCCCCCCCCCCCCCCCCCC(=O)NC(CO)C(O)/C=C/CCCCCCCCCCCCCCC. The average Bonchev–Trinajstić information content (AvgIpc) is 3.38. The lowest BCUT2D eigenvalue weighted by atomic mass is 10.0. The first-order chi connectivity index (χ1) is 35.5. The molecule has 0 saturated carbocycles. The van der Waals surface area contributed by atoms with Crippen LogP contribution in [0.3, 0.4) is 0 Å². The molecule has 72 heavy (non-hydrogen) atoms. The molecule has 0 aromatic rings. The molecule has 0 aliphatic rings. The molecule has 0 heterocycles. The molecule has 6 heteroatoms. The Bertz CT molecular complexity index is 1120. The van der Waals surface area contributed by atoms with Crippen molar-refractivity contribution >= 4 is 11.9 Å². The summed E-state index contributed by atoms with van der Waals surface area (Å²) in [6.07, 6.45) is 76.6. The van der Waals surface area contributed by atoms with E-state index in [9.17, 15) is 19.8 Å². The Labute approximate surface area is 450 Å². The predicted octanol–water partition coefficient (Wildman–Crippen LogP) is 20.6. The molecule has 0 aliphatic heterocycles. The molecule has 0 fully saturated rings. The number of rotatable bonds is 61. The molecular formula is C66H127NO5. The molecule has 2 atom stereocenters. The number of aliphatic hydroxyl groups is 2. The van der Waals surface area contributed by atoms with E-state index in [0.717, 1.165) is 44.9 Å². The minimum absolute atomic E-state index is 0.00805. The summed E-state index contributed by atoms with van der Waals surface area (Å²) in [7, 11) is 0. The van der Waals surface area contributed by atoms with Crippen molar-refractivity contribution in [2.45, 2.75) is 373 Å². The first kappa shape index (κ1) is 70.3. The highest BCUT2D eigenvalue weighted by Crippen LogP contribution is 2.18. The van der Waals surface area contributed by atoms with Crippen LogP contribution in [0.15, 0.2) is 24.3 Å². The number of nitrogens with one attached hydrogen (secondary N) is 1. The first-order valence-corrected chi connectivity index (χ1v) is 32.6. The lowest BCUT2D eigenvalue weighted by molar-refractivity contribution is -0.143. The second-order valence-electron chi connectivity index (χ2n) is 22.5. The Balaban J connectivity index is 3.38. The van der Waals surface area contributed by atoms with Gasteiger partial charge in [-0.15, -0.1) is 0 Å². The van der Waals surface area contributed by atoms with Crippen molar-refractivity contribution in [2.75, 3.05) is 13.2 Å². The molecule has 2 unspecified atom stereocenters. The number of unbranched alkanes of at least 4 members (excludes halogenated alkanes) is 48. The summed E-state index contributed by atoms with van der Waals surface area (Å²) in [5.74, 6) is -0.0569. The molecule has 0 bridgehead atoms. The third kappa shape index (κ3) is 57.6. The van der Waals surface area contributed by atoms with Crippen LogP contribution in [-0.2, 0) is 14.3 Å². The van der Waals surface area contributed by atoms with Crippen LogP contribution in [0, 0.1) is 0 Å². The van der Waals surface area contributed by atoms with Gasteiger partial charge in [0.25, 0.3) is 0 Å². The Hall–Kier alpha value is -1.66. The van der Waals surface area contributed by atoms with Gasteiger partial charge in [0.1, 0.15) is 0 Å². The van der Waals surface area contributed by atoms with Crippen molar-refractivity contribution in [3.63, 3.8) is 0 Å². The van der Waals surface area contributed by atoms with E-state index >= 15 is 0 Å². The van der Waals surface area contributed by atoms with E-state index < -0.39 is 12.1 Å². The van der Waals surface area contributed by atoms with Gasteiger partial charge in [-0.25, -0.2) is 0 Å². The molecule has 6 nitrogen and oxygen atoms in total. The molecule has 0 aromatic carbocycles. The highest BCUT2D eigenvalue weighted by Gasteiger charge is 2.18. The van der Waals surface area contributed by atoms with Crippen molar-refractivity contribution < 1.29 is 24.5 Å². The summed E-state index contributed by atoms with van der Waals surface area (Å²) in [4.78, 5) is 24.5. The van der Waals surface area contributed by atoms with Gasteiger partial charge in [0.2, 0.25) is 5.91 Å². The maximum absolute atomic E-state index is 12.5. The largest absolute Gasteiger partial charge is 0.466 e. The van der Waals surface area contributed by atoms with Gasteiger partial charge in [-0.3, -0.25) is 9.59 Å². The van der Waals surface area contributed by atoms with Crippen molar-refractivity contribution in [3.05, 3.63) is 24.3 Å². The topological polar surface area (TPSA) is 95.9 Å². The summed E-state index contributed by atoms with van der Waals surface area (Å²) in [5, 5.41) is 23.1. The van der Waals surface area contributed by atoms with Crippen molar-refractivity contribution in [3.8, 4) is 0 Å². The second-order valence-corrected chi connectivity index (χ2v) is 22.5. The van der Waals surface area contributed by atoms with E-state index in [0.29, 0.717) is 19.4 Å². The van der Waals surface area contributed by atoms with Crippen LogP contribution >= 0.6 is 0 Å². The molecule has 0 saturated heterocycles. The zero-order valence-electron chi connectivity index (χ0n) is 48.7. The van der Waals surface area contributed by atoms with E-state index in [4.69, 9.17) is 4.74 Å². The lowest BCUT2D eigenvalue weighted by Crippen LogP contribution is -2.45. The quantitative estimate of drug-likeness (QED) is 0.0320. The minimum Gasteiger partial charge on any atom is -0.466 e. The van der Waals surface area contributed by atoms with Gasteiger partial charge < -0.3 is 20.3 Å². The number of aliphatic hydroxyl groups excluding tert-OH is 2. The number of allylic oxidation sites excluding steroid dienone is 3. The summed E-state index contributed by atoms with van der Waals surface area (Å²) < 4.78 is 5.49. The molecule has 0 radical (unpaired) electrons. The highest BCUT2D eigenvalue weighted by atomic mass is 16.5. The molecule has 0 spiro atoms. The molecule has 0 aliphatic carbocycles. The van der Waals surface area contributed by atoms with Gasteiger partial charge in [0, 0.05) is 12.8 Å². The fraction of sp³-hybridized carbons (Fsp3) is 0.909. The number of ether oxygens (including phenoxy) is 1. The smallest absolute Gasteiger partial charge is 0.305 e. The highest BCUT2D eigenvalue weighted by molar-refractivity contribution is 5.76. The molecular weight excluding hydrogens is 887 g/mol. The van der Waals surface area contributed by atoms with E-state index in [-0.39, 0.29) is 18.5 Å².